The van der Waals surface area contributed by atoms with Gasteiger partial charge in [-0.2, -0.15) is 11.3 Å². The number of para-hydroxylation sites is 1. The number of carbonyl (C=O) groups is 1. The average Bonchev–Trinajstić information content (AvgIpc) is 3.14. The predicted molar refractivity (Wildman–Crippen MR) is 95.2 cm³/mol. The lowest BCUT2D eigenvalue weighted by Crippen LogP contribution is -2.30. The van der Waals surface area contributed by atoms with E-state index in [0.29, 0.717) is 6.54 Å². The molecule has 0 bridgehead atoms. The van der Waals surface area contributed by atoms with Gasteiger partial charge in [0.2, 0.25) is 0 Å². The van der Waals surface area contributed by atoms with E-state index in [9.17, 15) is 14.9 Å². The maximum Gasteiger partial charge on any atom is 0.282 e. The zero-order chi connectivity index (χ0) is 17.6. The molecule has 126 valence electrons. The van der Waals surface area contributed by atoms with E-state index in [0.717, 1.165) is 11.3 Å². The van der Waals surface area contributed by atoms with Gasteiger partial charge in [0.15, 0.2) is 0 Å². The fraction of sp³-hybridized carbons (Fsp3) is 0.111. The molecular formula is C18H15N3O3S. The Morgan fingerprint density at radius 2 is 1.92 bits per heavy atom. The van der Waals surface area contributed by atoms with Crippen molar-refractivity contribution in [2.24, 2.45) is 0 Å². The smallest absolute Gasteiger partial charge is 0.282 e. The highest BCUT2D eigenvalue weighted by Gasteiger charge is 2.24. The van der Waals surface area contributed by atoms with Crippen LogP contribution in [0.15, 0.2) is 65.5 Å². The highest BCUT2D eigenvalue weighted by atomic mass is 32.1. The van der Waals surface area contributed by atoms with E-state index in [1.54, 1.807) is 40.6 Å². The number of nitro groups is 1. The van der Waals surface area contributed by atoms with Gasteiger partial charge in [0, 0.05) is 18.8 Å². The van der Waals surface area contributed by atoms with Gasteiger partial charge in [-0.15, -0.1) is 0 Å². The summed E-state index contributed by atoms with van der Waals surface area (Å²) < 4.78 is 0. The van der Waals surface area contributed by atoms with Crippen LogP contribution in [0.4, 0.5) is 5.69 Å². The molecule has 0 saturated carbocycles. The van der Waals surface area contributed by atoms with Crippen LogP contribution < -0.4 is 0 Å². The first kappa shape index (κ1) is 16.8. The lowest BCUT2D eigenvalue weighted by atomic mass is 10.1. The Labute approximate surface area is 148 Å². The number of pyridine rings is 1. The first-order chi connectivity index (χ1) is 12.1. The fourth-order valence-electron chi connectivity index (χ4n) is 2.47. The molecule has 0 aliphatic carbocycles. The molecule has 2 aromatic heterocycles. The molecule has 3 aromatic rings. The third-order valence-corrected chi connectivity index (χ3v) is 4.38. The molecule has 0 radical (unpaired) electrons. The molecule has 0 aliphatic heterocycles. The molecule has 0 N–H and O–H groups in total. The third kappa shape index (κ3) is 4.07. The van der Waals surface area contributed by atoms with Gasteiger partial charge in [0.05, 0.1) is 17.2 Å². The zero-order valence-electron chi connectivity index (χ0n) is 13.2. The van der Waals surface area contributed by atoms with Crippen molar-refractivity contribution in [3.05, 3.63) is 92.4 Å². The number of carbonyl (C=O) groups excluding carboxylic acids is 1. The van der Waals surface area contributed by atoms with Gasteiger partial charge in [0.1, 0.15) is 5.56 Å². The van der Waals surface area contributed by atoms with Crippen molar-refractivity contribution in [1.29, 1.82) is 0 Å². The Morgan fingerprint density at radius 3 is 2.60 bits per heavy atom. The summed E-state index contributed by atoms with van der Waals surface area (Å²) in [5.74, 6) is -0.385. The van der Waals surface area contributed by atoms with E-state index in [-0.39, 0.29) is 23.7 Å². The number of nitrogens with zero attached hydrogens (tertiary/aromatic N) is 3. The number of aromatic nitrogens is 1. The van der Waals surface area contributed by atoms with Crippen molar-refractivity contribution in [3.8, 4) is 0 Å². The molecule has 2 heterocycles. The number of rotatable bonds is 6. The predicted octanol–water partition coefficient (Wildman–Crippen LogP) is 3.89. The largest absolute Gasteiger partial charge is 0.328 e. The number of hydrogen-bond acceptors (Lipinski definition) is 5. The van der Waals surface area contributed by atoms with Gasteiger partial charge in [0.25, 0.3) is 11.6 Å². The van der Waals surface area contributed by atoms with Crippen LogP contribution in [0.5, 0.6) is 0 Å². The molecule has 0 spiro atoms. The second-order valence-electron chi connectivity index (χ2n) is 5.39. The van der Waals surface area contributed by atoms with Crippen LogP contribution >= 0.6 is 11.3 Å². The van der Waals surface area contributed by atoms with Gasteiger partial charge >= 0.3 is 0 Å². The third-order valence-electron chi connectivity index (χ3n) is 3.65. The summed E-state index contributed by atoms with van der Waals surface area (Å²) in [6.07, 6.45) is 1.66. The molecule has 1 amide bonds. The highest BCUT2D eigenvalue weighted by molar-refractivity contribution is 7.07. The minimum Gasteiger partial charge on any atom is -0.328 e. The van der Waals surface area contributed by atoms with Gasteiger partial charge < -0.3 is 4.90 Å². The van der Waals surface area contributed by atoms with Gasteiger partial charge in [-0.25, -0.2) is 0 Å². The van der Waals surface area contributed by atoms with Crippen LogP contribution in [-0.4, -0.2) is 20.7 Å². The first-order valence-electron chi connectivity index (χ1n) is 7.59. The molecule has 0 atom stereocenters. The summed E-state index contributed by atoms with van der Waals surface area (Å²) in [7, 11) is 0. The van der Waals surface area contributed by atoms with Crippen LogP contribution in [0.1, 0.15) is 21.6 Å². The van der Waals surface area contributed by atoms with Crippen molar-refractivity contribution in [3.63, 3.8) is 0 Å². The Kier molecular flexibility index (Phi) is 5.15. The average molecular weight is 353 g/mol. The van der Waals surface area contributed by atoms with Crippen LogP contribution in [0.2, 0.25) is 0 Å². The summed E-state index contributed by atoms with van der Waals surface area (Å²) in [6, 6.07) is 13.4. The van der Waals surface area contributed by atoms with Crippen molar-refractivity contribution < 1.29 is 9.72 Å². The standard InChI is InChI=1S/C18H15N3O3S/c22-18(16-6-1-2-7-17(16)21(23)24)20(11-14-8-10-25-13-14)12-15-5-3-4-9-19-15/h1-10,13H,11-12H2. The van der Waals surface area contributed by atoms with Crippen LogP contribution in [0.25, 0.3) is 0 Å². The topological polar surface area (TPSA) is 76.3 Å². The SMILES string of the molecule is O=C(c1ccccc1[N+](=O)[O-])N(Cc1ccsc1)Cc1ccccn1. The summed E-state index contributed by atoms with van der Waals surface area (Å²) in [4.78, 5) is 29.5. The Morgan fingerprint density at radius 1 is 1.12 bits per heavy atom. The first-order valence-corrected chi connectivity index (χ1v) is 8.53. The Hall–Kier alpha value is -3.06. The van der Waals surface area contributed by atoms with Crippen molar-refractivity contribution >= 4 is 22.9 Å². The summed E-state index contributed by atoms with van der Waals surface area (Å²) >= 11 is 1.54. The number of nitro benzene ring substituents is 1. The molecule has 0 fully saturated rings. The number of benzene rings is 1. The Balaban J connectivity index is 1.93. The maximum atomic E-state index is 13.0. The lowest BCUT2D eigenvalue weighted by molar-refractivity contribution is -0.385. The van der Waals surface area contributed by atoms with E-state index in [1.165, 1.54) is 12.1 Å². The van der Waals surface area contributed by atoms with Crippen molar-refractivity contribution in [1.82, 2.24) is 9.88 Å². The molecule has 6 nitrogen and oxygen atoms in total. The number of hydrogen-bond donors (Lipinski definition) is 0. The minimum absolute atomic E-state index is 0.0821. The number of amides is 1. The number of thiophene rings is 1. The van der Waals surface area contributed by atoms with Gasteiger partial charge in [-0.3, -0.25) is 19.9 Å². The van der Waals surface area contributed by atoms with Crippen molar-refractivity contribution in [2.45, 2.75) is 13.1 Å². The van der Waals surface area contributed by atoms with Crippen molar-refractivity contribution in [2.75, 3.05) is 0 Å². The molecule has 7 heteroatoms. The zero-order valence-corrected chi connectivity index (χ0v) is 14.1. The van der Waals surface area contributed by atoms with E-state index in [4.69, 9.17) is 0 Å². The summed E-state index contributed by atoms with van der Waals surface area (Å²) in [5, 5.41) is 15.1. The van der Waals surface area contributed by atoms with Crippen LogP contribution in [0.3, 0.4) is 0 Å². The quantitative estimate of drug-likeness (QED) is 0.497. The maximum absolute atomic E-state index is 13.0. The van der Waals surface area contributed by atoms with E-state index in [2.05, 4.69) is 4.98 Å². The molecule has 0 saturated heterocycles. The van der Waals surface area contributed by atoms with E-state index < -0.39 is 4.92 Å². The second-order valence-corrected chi connectivity index (χ2v) is 6.17. The molecule has 0 unspecified atom stereocenters. The Bertz CT molecular complexity index is 866. The normalized spacial score (nSPS) is 10.4. The molecular weight excluding hydrogens is 338 g/mol. The molecule has 0 aliphatic rings. The summed E-state index contributed by atoms with van der Waals surface area (Å²) in [5.41, 5.74) is 1.60. The highest BCUT2D eigenvalue weighted by Crippen LogP contribution is 2.22. The molecule has 3 rings (SSSR count). The van der Waals surface area contributed by atoms with Crippen LogP contribution in [0, 0.1) is 10.1 Å². The fourth-order valence-corrected chi connectivity index (χ4v) is 3.13. The van der Waals surface area contributed by atoms with E-state index in [1.807, 2.05) is 29.0 Å². The van der Waals surface area contributed by atoms with Gasteiger partial charge in [-0.05, 0) is 40.6 Å². The molecule has 25 heavy (non-hydrogen) atoms. The monoisotopic (exact) mass is 353 g/mol. The van der Waals surface area contributed by atoms with Gasteiger partial charge in [-0.1, -0.05) is 18.2 Å². The minimum atomic E-state index is -0.531. The van der Waals surface area contributed by atoms with E-state index >= 15 is 0 Å². The molecule has 1 aromatic carbocycles. The van der Waals surface area contributed by atoms with Crippen LogP contribution in [-0.2, 0) is 13.1 Å². The lowest BCUT2D eigenvalue weighted by Gasteiger charge is -2.22. The summed E-state index contributed by atoms with van der Waals surface area (Å²) in [6.45, 7) is 0.645. The second kappa shape index (κ2) is 7.67.